The molecule has 0 saturated carbocycles. The van der Waals surface area contributed by atoms with Gasteiger partial charge in [-0.05, 0) is 0 Å². The van der Waals surface area contributed by atoms with Crippen LogP contribution >= 0.6 is 23.7 Å². The monoisotopic (exact) mass is 170 g/mol. The van der Waals surface area contributed by atoms with Crippen molar-refractivity contribution in [1.82, 2.24) is 0 Å². The van der Waals surface area contributed by atoms with E-state index in [9.17, 15) is 0 Å². The molecule has 0 radical (unpaired) electrons. The molecule has 0 saturated heterocycles. The first-order valence-corrected chi connectivity index (χ1v) is 4.99. The van der Waals surface area contributed by atoms with Gasteiger partial charge in [-0.3, -0.25) is 0 Å². The van der Waals surface area contributed by atoms with Crippen LogP contribution in [0.3, 0.4) is 0 Å². The summed E-state index contributed by atoms with van der Waals surface area (Å²) in [6.07, 6.45) is 2.07. The first-order chi connectivity index (χ1) is 5.41. The Hall–Kier alpha value is 1.02. The molecule has 0 aliphatic rings. The van der Waals surface area contributed by atoms with Crippen LogP contribution in [0, 0.1) is 0 Å². The molecule has 0 rings (SSSR count). The molecule has 11 heavy (non-hydrogen) atoms. The number of rotatable bonds is 5. The zero-order valence-electron chi connectivity index (χ0n) is 6.57. The summed E-state index contributed by atoms with van der Waals surface area (Å²) in [6, 6.07) is 1.59. The van der Waals surface area contributed by atoms with Crippen LogP contribution in [0.5, 0.6) is 0 Å². The van der Waals surface area contributed by atoms with Crippen molar-refractivity contribution in [2.24, 2.45) is 0 Å². The fraction of sp³-hybridized carbons (Fsp3) is 1.00. The Bertz CT molecular complexity index is 173. The van der Waals surface area contributed by atoms with Gasteiger partial charge >= 0.3 is 81.9 Å². The van der Waals surface area contributed by atoms with Crippen molar-refractivity contribution in [1.29, 1.82) is 0 Å². The fourth-order valence-corrected chi connectivity index (χ4v) is 0.920. The van der Waals surface area contributed by atoms with E-state index in [1.807, 2.05) is 33.5 Å². The van der Waals surface area contributed by atoms with Gasteiger partial charge in [-0.25, -0.2) is 0 Å². The van der Waals surface area contributed by atoms with Gasteiger partial charge in [0.2, 0.25) is 0 Å². The Kier molecular flexibility index (Phi) is 12.1. The molecule has 0 heterocycles. The topological polar surface area (TPSA) is 0 Å². The van der Waals surface area contributed by atoms with E-state index in [-0.39, 0.29) is 0 Å². The zero-order chi connectivity index (χ0) is 8.36. The summed E-state index contributed by atoms with van der Waals surface area (Å²) >= 11 is 6.39. The Balaban J connectivity index is 3.42. The van der Waals surface area contributed by atoms with Crippen LogP contribution in [-0.2, 0) is 0 Å². The third-order valence-electron chi connectivity index (χ3n) is 0.864. The number of hydrogen-bond acceptors (Lipinski definition) is 2. The quantitative estimate of drug-likeness (QED) is 0.493. The molecule has 0 aromatic carbocycles. The molecule has 46 valence electrons. The Morgan fingerprint density at radius 1 is 1.09 bits per heavy atom. The van der Waals surface area contributed by atoms with Gasteiger partial charge in [0.05, 0.1) is 0 Å². The van der Waals surface area contributed by atoms with Crippen LogP contribution in [-0.4, -0.2) is 51.3 Å². The van der Waals surface area contributed by atoms with Crippen molar-refractivity contribution < 1.29 is 0 Å². The molecule has 9 heteroatoms. The van der Waals surface area contributed by atoms with Gasteiger partial charge in [0.1, 0.15) is 0 Å². The molecule has 0 nitrogen and oxygen atoms in total. The SMILES string of the molecule is CCSB=BB=BB=BB=S. The van der Waals surface area contributed by atoms with Crippen LogP contribution in [0.1, 0.15) is 6.92 Å². The van der Waals surface area contributed by atoms with E-state index in [0.717, 1.165) is 5.75 Å². The van der Waals surface area contributed by atoms with E-state index in [4.69, 9.17) is 0 Å². The van der Waals surface area contributed by atoms with E-state index >= 15 is 0 Å². The maximum atomic E-state index is 4.60. The summed E-state index contributed by atoms with van der Waals surface area (Å²) in [5.74, 6) is 1.13. The van der Waals surface area contributed by atoms with Gasteiger partial charge in [-0.2, -0.15) is 0 Å². The van der Waals surface area contributed by atoms with Crippen LogP contribution in [0.4, 0.5) is 0 Å². The van der Waals surface area contributed by atoms with E-state index in [0.29, 0.717) is 0 Å². The zero-order valence-corrected chi connectivity index (χ0v) is 8.20. The average molecular weight is 169 g/mol. The number of hydrogen-bond donors (Lipinski definition) is 0. The molecule has 0 amide bonds. The molecular formula is C2H5B7S2. The van der Waals surface area contributed by atoms with Gasteiger partial charge < -0.3 is 0 Å². The van der Waals surface area contributed by atoms with Crippen molar-refractivity contribution in [2.45, 2.75) is 6.92 Å². The van der Waals surface area contributed by atoms with Crippen molar-refractivity contribution in [3.8, 4) is 0 Å². The second kappa shape index (κ2) is 11.0. The molecular weight excluding hydrogens is 164 g/mol. The molecule has 0 spiro atoms. The third kappa shape index (κ3) is 11.0. The minimum atomic E-state index is 1.13. The molecule has 0 aliphatic heterocycles. The normalized spacial score (nSPS) is 7.36. The molecule has 0 fully saturated rings. The molecule has 0 unspecified atom stereocenters. The van der Waals surface area contributed by atoms with Crippen molar-refractivity contribution in [3.63, 3.8) is 0 Å². The molecule has 0 bridgehead atoms. The third-order valence-corrected chi connectivity index (χ3v) is 1.70. The minimum absolute atomic E-state index is 1.13. The molecule has 0 aromatic rings. The van der Waals surface area contributed by atoms with Crippen LogP contribution in [0.25, 0.3) is 0 Å². The summed E-state index contributed by atoms with van der Waals surface area (Å²) in [7, 11) is 0. The predicted octanol–water partition coefficient (Wildman–Crippen LogP) is -0.814. The summed E-state index contributed by atoms with van der Waals surface area (Å²) in [5, 5.41) is 0. The second-order valence-corrected chi connectivity index (χ2v) is 3.14. The second-order valence-electron chi connectivity index (χ2n) is 1.69. The summed E-state index contributed by atoms with van der Waals surface area (Å²) in [4.78, 5) is 0. The van der Waals surface area contributed by atoms with Gasteiger partial charge in [-0.15, -0.1) is 0 Å². The average Bonchev–Trinajstić information content (AvgIpc) is 2.03. The molecule has 0 atom stereocenters. The Morgan fingerprint density at radius 2 is 1.73 bits per heavy atom. The summed E-state index contributed by atoms with van der Waals surface area (Å²) < 4.78 is 0. The Morgan fingerprint density at radius 3 is 2.36 bits per heavy atom. The summed E-state index contributed by atoms with van der Waals surface area (Å²) in [6.45, 7) is 11.8. The van der Waals surface area contributed by atoms with Crippen LogP contribution < -0.4 is 0 Å². The van der Waals surface area contributed by atoms with Gasteiger partial charge in [0.25, 0.3) is 0 Å². The maximum absolute atomic E-state index is 4.60. The van der Waals surface area contributed by atoms with Gasteiger partial charge in [0.15, 0.2) is 0 Å². The Labute approximate surface area is 81.9 Å². The fourth-order valence-electron chi connectivity index (χ4n) is 0.435. The molecule has 0 aliphatic carbocycles. The van der Waals surface area contributed by atoms with Crippen LogP contribution in [0.15, 0.2) is 0 Å². The van der Waals surface area contributed by atoms with E-state index < -0.39 is 0 Å². The van der Waals surface area contributed by atoms with Crippen molar-refractivity contribution in [2.75, 3.05) is 5.75 Å². The first-order valence-electron chi connectivity index (χ1n) is 3.47. The van der Waals surface area contributed by atoms with E-state index in [1.165, 1.54) is 0 Å². The molecule has 0 N–H and O–H groups in total. The van der Waals surface area contributed by atoms with Gasteiger partial charge in [0, 0.05) is 0 Å². The molecule has 0 aromatic heterocycles. The van der Waals surface area contributed by atoms with Gasteiger partial charge in [-0.1, -0.05) is 0 Å². The first kappa shape index (κ1) is 12.0. The van der Waals surface area contributed by atoms with E-state index in [1.54, 1.807) is 17.7 Å². The summed E-state index contributed by atoms with van der Waals surface area (Å²) in [5.41, 5.74) is 0. The standard InChI is InChI=1S/C2H5B7S2/c1-2-11-9-7-5-3-4-6-8-10/h2H2,1H3. The van der Waals surface area contributed by atoms with Crippen molar-refractivity contribution in [3.05, 3.63) is 0 Å². The predicted molar refractivity (Wildman–Crippen MR) is 66.0 cm³/mol. The van der Waals surface area contributed by atoms with Crippen molar-refractivity contribution >= 4 is 69.3 Å². The van der Waals surface area contributed by atoms with E-state index in [2.05, 4.69) is 25.1 Å². The van der Waals surface area contributed by atoms with Crippen LogP contribution in [0.2, 0.25) is 0 Å².